The molecule has 0 unspecified atom stereocenters. The Hall–Kier alpha value is -1.03. The molecule has 2 aromatic carbocycles. The fourth-order valence-corrected chi connectivity index (χ4v) is 2.43. The molecule has 0 aliphatic heterocycles. The Morgan fingerprint density at radius 3 is 2.85 bits per heavy atom. The third kappa shape index (κ3) is 4.82. The highest BCUT2D eigenvalue weighted by Crippen LogP contribution is 2.20. The van der Waals surface area contributed by atoms with Crippen LogP contribution in [0.3, 0.4) is 0 Å². The fourth-order valence-electron chi connectivity index (χ4n) is 1.85. The van der Waals surface area contributed by atoms with Crippen molar-refractivity contribution in [2.24, 2.45) is 0 Å². The van der Waals surface area contributed by atoms with E-state index in [0.29, 0.717) is 6.61 Å². The molecule has 0 saturated heterocycles. The van der Waals surface area contributed by atoms with Gasteiger partial charge in [0.2, 0.25) is 0 Å². The second-order valence-corrected chi connectivity index (χ2v) is 5.87. The van der Waals surface area contributed by atoms with Crippen molar-refractivity contribution in [1.82, 2.24) is 5.32 Å². The molecule has 20 heavy (non-hydrogen) atoms. The Morgan fingerprint density at radius 1 is 1.20 bits per heavy atom. The molecule has 0 fully saturated rings. The van der Waals surface area contributed by atoms with Crippen LogP contribution in [0.15, 0.2) is 46.9 Å². The van der Waals surface area contributed by atoms with Gasteiger partial charge in [-0.1, -0.05) is 39.7 Å². The maximum atomic E-state index is 5.98. The lowest BCUT2D eigenvalue weighted by Gasteiger charge is -2.09. The van der Waals surface area contributed by atoms with Crippen LogP contribution >= 0.6 is 27.5 Å². The molecule has 2 aromatic rings. The van der Waals surface area contributed by atoms with Gasteiger partial charge in [0.1, 0.15) is 12.4 Å². The van der Waals surface area contributed by atoms with Gasteiger partial charge in [0, 0.05) is 22.6 Å². The van der Waals surface area contributed by atoms with Crippen LogP contribution in [0.25, 0.3) is 0 Å². The summed E-state index contributed by atoms with van der Waals surface area (Å²) in [6.07, 6.45) is 0. The highest BCUT2D eigenvalue weighted by atomic mass is 79.9. The summed E-state index contributed by atoms with van der Waals surface area (Å²) in [6, 6.07) is 13.9. The van der Waals surface area contributed by atoms with Gasteiger partial charge in [-0.25, -0.2) is 0 Å². The number of halogens is 2. The van der Waals surface area contributed by atoms with Crippen LogP contribution in [-0.4, -0.2) is 13.2 Å². The lowest BCUT2D eigenvalue weighted by molar-refractivity contribution is 0.313. The molecule has 2 nitrogen and oxygen atoms in total. The summed E-state index contributed by atoms with van der Waals surface area (Å²) in [4.78, 5) is 0. The van der Waals surface area contributed by atoms with Crippen LogP contribution in [0.1, 0.15) is 11.1 Å². The van der Waals surface area contributed by atoms with E-state index in [0.717, 1.165) is 33.9 Å². The number of benzene rings is 2. The Balaban J connectivity index is 1.73. The second-order valence-electron chi connectivity index (χ2n) is 4.58. The highest BCUT2D eigenvalue weighted by Gasteiger charge is 2.00. The first-order valence-corrected chi connectivity index (χ1v) is 7.66. The van der Waals surface area contributed by atoms with Gasteiger partial charge >= 0.3 is 0 Å². The van der Waals surface area contributed by atoms with Crippen molar-refractivity contribution in [2.45, 2.75) is 13.5 Å². The van der Waals surface area contributed by atoms with Crippen molar-refractivity contribution in [3.8, 4) is 5.75 Å². The van der Waals surface area contributed by atoms with Crippen molar-refractivity contribution in [3.63, 3.8) is 0 Å². The summed E-state index contributed by atoms with van der Waals surface area (Å²) in [5.41, 5.74) is 2.35. The molecule has 0 radical (unpaired) electrons. The molecule has 0 aliphatic carbocycles. The van der Waals surface area contributed by atoms with Crippen molar-refractivity contribution in [1.29, 1.82) is 0 Å². The summed E-state index contributed by atoms with van der Waals surface area (Å²) >= 11 is 9.49. The van der Waals surface area contributed by atoms with E-state index in [1.807, 2.05) is 36.4 Å². The molecule has 0 heterocycles. The van der Waals surface area contributed by atoms with Gasteiger partial charge < -0.3 is 10.1 Å². The van der Waals surface area contributed by atoms with Crippen molar-refractivity contribution in [2.75, 3.05) is 13.2 Å². The first-order chi connectivity index (χ1) is 9.65. The van der Waals surface area contributed by atoms with E-state index in [2.05, 4.69) is 34.2 Å². The lowest BCUT2D eigenvalue weighted by Crippen LogP contribution is -2.20. The van der Waals surface area contributed by atoms with E-state index >= 15 is 0 Å². The number of rotatable bonds is 6. The number of hydrogen-bond acceptors (Lipinski definition) is 2. The number of nitrogens with one attached hydrogen (secondary N) is 1. The van der Waals surface area contributed by atoms with E-state index < -0.39 is 0 Å². The monoisotopic (exact) mass is 353 g/mol. The van der Waals surface area contributed by atoms with Crippen LogP contribution < -0.4 is 10.1 Å². The van der Waals surface area contributed by atoms with Gasteiger partial charge in [0.05, 0.1) is 0 Å². The minimum atomic E-state index is 0.641. The van der Waals surface area contributed by atoms with Crippen LogP contribution in [0.4, 0.5) is 0 Å². The van der Waals surface area contributed by atoms with E-state index in [1.54, 1.807) is 0 Å². The number of aryl methyl sites for hydroxylation is 1. The van der Waals surface area contributed by atoms with Crippen molar-refractivity contribution >= 4 is 27.5 Å². The van der Waals surface area contributed by atoms with Gasteiger partial charge in [-0.05, 0) is 48.4 Å². The molecule has 0 atom stereocenters. The molecule has 0 bridgehead atoms. The largest absolute Gasteiger partial charge is 0.492 e. The van der Waals surface area contributed by atoms with Crippen molar-refractivity contribution in [3.05, 3.63) is 63.1 Å². The molecule has 0 spiro atoms. The minimum Gasteiger partial charge on any atom is -0.492 e. The molecule has 4 heteroatoms. The van der Waals surface area contributed by atoms with Gasteiger partial charge in [-0.2, -0.15) is 0 Å². The third-order valence-electron chi connectivity index (χ3n) is 2.86. The SMILES string of the molecule is Cc1cccc(OCCNCc2cc(Cl)ccc2Br)c1. The first-order valence-electron chi connectivity index (χ1n) is 6.49. The van der Waals surface area contributed by atoms with E-state index in [4.69, 9.17) is 16.3 Å². The number of hydrogen-bond donors (Lipinski definition) is 1. The fraction of sp³-hybridized carbons (Fsp3) is 0.250. The van der Waals surface area contributed by atoms with Crippen LogP contribution in [0.2, 0.25) is 5.02 Å². The predicted molar refractivity (Wildman–Crippen MR) is 87.5 cm³/mol. The maximum absolute atomic E-state index is 5.98. The van der Waals surface area contributed by atoms with Gasteiger partial charge in [-0.15, -0.1) is 0 Å². The normalized spacial score (nSPS) is 10.6. The average Bonchev–Trinajstić information content (AvgIpc) is 2.42. The summed E-state index contributed by atoms with van der Waals surface area (Å²) in [5.74, 6) is 0.913. The summed E-state index contributed by atoms with van der Waals surface area (Å²) < 4.78 is 6.74. The zero-order valence-corrected chi connectivity index (χ0v) is 13.7. The summed E-state index contributed by atoms with van der Waals surface area (Å²) in [7, 11) is 0. The standard InChI is InChI=1S/C16H17BrClNO/c1-12-3-2-4-15(9-12)20-8-7-19-11-13-10-14(18)5-6-16(13)17/h2-6,9-10,19H,7-8,11H2,1H3. The van der Waals surface area contributed by atoms with Gasteiger partial charge in [-0.3, -0.25) is 0 Å². The van der Waals surface area contributed by atoms with E-state index in [-0.39, 0.29) is 0 Å². The highest BCUT2D eigenvalue weighted by molar-refractivity contribution is 9.10. The van der Waals surface area contributed by atoms with Gasteiger partial charge in [0.15, 0.2) is 0 Å². The zero-order valence-electron chi connectivity index (χ0n) is 11.3. The molecule has 0 saturated carbocycles. The van der Waals surface area contributed by atoms with Crippen LogP contribution in [0.5, 0.6) is 5.75 Å². The molecule has 0 aliphatic rings. The molecule has 0 amide bonds. The van der Waals surface area contributed by atoms with Crippen LogP contribution in [0, 0.1) is 6.92 Å². The first kappa shape index (κ1) is 15.4. The Bertz CT molecular complexity index is 574. The molecule has 2 rings (SSSR count). The van der Waals surface area contributed by atoms with Gasteiger partial charge in [0.25, 0.3) is 0 Å². The Labute approximate surface area is 133 Å². The zero-order chi connectivity index (χ0) is 14.4. The minimum absolute atomic E-state index is 0.641. The third-order valence-corrected chi connectivity index (χ3v) is 3.87. The van der Waals surface area contributed by atoms with Crippen LogP contribution in [-0.2, 0) is 6.54 Å². The summed E-state index contributed by atoms with van der Waals surface area (Å²) in [6.45, 7) is 4.24. The second kappa shape index (κ2) is 7.67. The topological polar surface area (TPSA) is 21.3 Å². The smallest absolute Gasteiger partial charge is 0.119 e. The van der Waals surface area contributed by atoms with E-state index in [1.165, 1.54) is 5.56 Å². The Morgan fingerprint density at radius 2 is 2.05 bits per heavy atom. The molecule has 1 N–H and O–H groups in total. The average molecular weight is 355 g/mol. The van der Waals surface area contributed by atoms with Crippen molar-refractivity contribution < 1.29 is 4.74 Å². The van der Waals surface area contributed by atoms with E-state index in [9.17, 15) is 0 Å². The number of ether oxygens (including phenoxy) is 1. The quantitative estimate of drug-likeness (QED) is 0.767. The Kier molecular flexibility index (Phi) is 5.89. The molecular weight excluding hydrogens is 338 g/mol. The predicted octanol–water partition coefficient (Wildman–Crippen LogP) is 4.58. The lowest BCUT2D eigenvalue weighted by atomic mass is 10.2. The molecule has 0 aromatic heterocycles. The maximum Gasteiger partial charge on any atom is 0.119 e. The summed E-state index contributed by atoms with van der Waals surface area (Å²) in [5, 5.41) is 4.09. The molecule has 106 valence electrons. The molecular formula is C16H17BrClNO.